The monoisotopic (exact) mass is 397 g/mol. The smallest absolute Gasteiger partial charge is 0.192 e. The molecule has 0 amide bonds. The van der Waals surface area contributed by atoms with Crippen molar-refractivity contribution in [1.29, 1.82) is 0 Å². The van der Waals surface area contributed by atoms with Gasteiger partial charge in [-0.2, -0.15) is 0 Å². The summed E-state index contributed by atoms with van der Waals surface area (Å²) in [6.07, 6.45) is 2.44. The number of thioether (sulfide) groups is 1. The Morgan fingerprint density at radius 2 is 1.31 bits per heavy atom. The zero-order valence-corrected chi connectivity index (χ0v) is 17.0. The molecule has 1 fully saturated rings. The van der Waals surface area contributed by atoms with Crippen LogP contribution < -0.4 is 0 Å². The van der Waals surface area contributed by atoms with Crippen LogP contribution >= 0.6 is 11.8 Å². The molecule has 0 unspecified atom stereocenters. The van der Waals surface area contributed by atoms with E-state index in [1.807, 2.05) is 0 Å². The Morgan fingerprint density at radius 3 is 1.86 bits per heavy atom. The van der Waals surface area contributed by atoms with E-state index in [1.165, 1.54) is 29.5 Å². The van der Waals surface area contributed by atoms with Gasteiger partial charge < -0.3 is 4.57 Å². The van der Waals surface area contributed by atoms with Crippen LogP contribution in [-0.4, -0.2) is 14.8 Å². The molecule has 0 radical (unpaired) electrons. The van der Waals surface area contributed by atoms with E-state index >= 15 is 0 Å². The molecule has 4 heteroatoms. The average Bonchev–Trinajstić information content (AvgIpc) is 3.56. The fourth-order valence-electron chi connectivity index (χ4n) is 3.63. The molecule has 29 heavy (non-hydrogen) atoms. The minimum atomic E-state index is 0.183. The third-order valence-electron chi connectivity index (χ3n) is 5.30. The largest absolute Gasteiger partial charge is 0.301 e. The summed E-state index contributed by atoms with van der Waals surface area (Å²) in [7, 11) is 0. The maximum absolute atomic E-state index is 4.64. The quantitative estimate of drug-likeness (QED) is 0.354. The van der Waals surface area contributed by atoms with Crippen LogP contribution in [0.4, 0.5) is 0 Å². The van der Waals surface area contributed by atoms with Gasteiger partial charge >= 0.3 is 0 Å². The fraction of sp³-hybridized carbons (Fsp3) is 0.200. The van der Waals surface area contributed by atoms with E-state index in [4.69, 9.17) is 0 Å². The lowest BCUT2D eigenvalue weighted by Crippen LogP contribution is -2.07. The highest BCUT2D eigenvalue weighted by Crippen LogP contribution is 2.43. The van der Waals surface area contributed by atoms with Crippen molar-refractivity contribution in [2.45, 2.75) is 35.7 Å². The number of nitrogens with zero attached hydrogens (tertiary/aromatic N) is 3. The summed E-state index contributed by atoms with van der Waals surface area (Å²) in [6.45, 7) is 0.818. The molecular formula is C25H23N3S. The van der Waals surface area contributed by atoms with Gasteiger partial charge in [-0.05, 0) is 29.5 Å². The van der Waals surface area contributed by atoms with Gasteiger partial charge in [0, 0.05) is 5.92 Å². The van der Waals surface area contributed by atoms with E-state index in [1.54, 1.807) is 11.8 Å². The van der Waals surface area contributed by atoms with Gasteiger partial charge in [0.2, 0.25) is 0 Å². The summed E-state index contributed by atoms with van der Waals surface area (Å²) in [6, 6.07) is 32.0. The molecule has 3 aromatic carbocycles. The number of hydrogen-bond donors (Lipinski definition) is 0. The van der Waals surface area contributed by atoms with Gasteiger partial charge in [-0.25, -0.2) is 0 Å². The third-order valence-corrected chi connectivity index (χ3v) is 6.59. The number of hydrogen-bond acceptors (Lipinski definition) is 3. The zero-order chi connectivity index (χ0) is 19.5. The Labute approximate surface area is 175 Å². The van der Waals surface area contributed by atoms with Gasteiger partial charge in [0.05, 0.1) is 11.8 Å². The predicted octanol–water partition coefficient (Wildman–Crippen LogP) is 6.09. The maximum atomic E-state index is 4.64. The van der Waals surface area contributed by atoms with Crippen LogP contribution in [0.3, 0.4) is 0 Å². The van der Waals surface area contributed by atoms with Crippen LogP contribution in [0.15, 0.2) is 96.2 Å². The van der Waals surface area contributed by atoms with E-state index in [9.17, 15) is 0 Å². The Kier molecular flexibility index (Phi) is 5.18. The summed E-state index contributed by atoms with van der Waals surface area (Å²) >= 11 is 1.80. The summed E-state index contributed by atoms with van der Waals surface area (Å²) in [5.41, 5.74) is 3.85. The highest BCUT2D eigenvalue weighted by atomic mass is 32.2. The molecule has 1 aliphatic rings. The lowest BCUT2D eigenvalue weighted by Gasteiger charge is -2.18. The van der Waals surface area contributed by atoms with Crippen molar-refractivity contribution in [2.75, 3.05) is 0 Å². The van der Waals surface area contributed by atoms with Crippen LogP contribution in [0.5, 0.6) is 0 Å². The first-order valence-corrected chi connectivity index (χ1v) is 11.0. The van der Waals surface area contributed by atoms with Crippen molar-refractivity contribution < 1.29 is 0 Å². The molecule has 1 heterocycles. The van der Waals surface area contributed by atoms with Gasteiger partial charge in [0.25, 0.3) is 0 Å². The predicted molar refractivity (Wildman–Crippen MR) is 118 cm³/mol. The van der Waals surface area contributed by atoms with E-state index in [-0.39, 0.29) is 5.25 Å². The minimum absolute atomic E-state index is 0.183. The fourth-order valence-corrected chi connectivity index (χ4v) is 4.81. The van der Waals surface area contributed by atoms with Gasteiger partial charge in [0.15, 0.2) is 5.16 Å². The van der Waals surface area contributed by atoms with Crippen molar-refractivity contribution in [3.63, 3.8) is 0 Å². The van der Waals surface area contributed by atoms with Crippen LogP contribution in [0, 0.1) is 0 Å². The van der Waals surface area contributed by atoms with Crippen LogP contribution in [-0.2, 0) is 6.54 Å². The van der Waals surface area contributed by atoms with Crippen LogP contribution in [0.2, 0.25) is 0 Å². The second kappa shape index (κ2) is 8.26. The number of aromatic nitrogens is 3. The molecule has 1 saturated carbocycles. The summed E-state index contributed by atoms with van der Waals surface area (Å²) < 4.78 is 2.33. The van der Waals surface area contributed by atoms with Crippen molar-refractivity contribution in [2.24, 2.45) is 0 Å². The molecule has 4 aromatic rings. The Bertz CT molecular complexity index is 1020. The molecular weight excluding hydrogens is 374 g/mol. The molecule has 0 bridgehead atoms. The molecule has 1 aliphatic carbocycles. The van der Waals surface area contributed by atoms with Crippen LogP contribution in [0.25, 0.3) is 0 Å². The molecule has 0 aliphatic heterocycles. The zero-order valence-electron chi connectivity index (χ0n) is 16.2. The van der Waals surface area contributed by atoms with Gasteiger partial charge in [-0.3, -0.25) is 0 Å². The SMILES string of the molecule is c1ccc(Cn2c(SC(c3ccccc3)c3ccccc3)nnc2C2CC2)cc1. The first kappa shape index (κ1) is 18.2. The summed E-state index contributed by atoms with van der Waals surface area (Å²) in [4.78, 5) is 0. The highest BCUT2D eigenvalue weighted by molar-refractivity contribution is 7.99. The second-order valence-electron chi connectivity index (χ2n) is 7.51. The van der Waals surface area contributed by atoms with Crippen molar-refractivity contribution in [3.05, 3.63) is 114 Å². The third kappa shape index (κ3) is 4.13. The van der Waals surface area contributed by atoms with Crippen LogP contribution in [0.1, 0.15) is 46.5 Å². The summed E-state index contributed by atoms with van der Waals surface area (Å²) in [5, 5.41) is 10.4. The normalized spacial score (nSPS) is 13.7. The standard InChI is InChI=1S/C25H23N3S/c1-4-10-19(11-5-1)18-28-24(22-16-17-22)26-27-25(28)29-23(20-12-6-2-7-13-20)21-14-8-3-9-15-21/h1-15,22-23H,16-18H2. The van der Waals surface area contributed by atoms with Gasteiger partial charge in [-0.15, -0.1) is 10.2 Å². The summed E-state index contributed by atoms with van der Waals surface area (Å²) in [5.74, 6) is 1.70. The first-order valence-electron chi connectivity index (χ1n) is 10.1. The van der Waals surface area contributed by atoms with E-state index in [2.05, 4.69) is 106 Å². The first-order chi connectivity index (χ1) is 14.4. The highest BCUT2D eigenvalue weighted by Gasteiger charge is 2.31. The average molecular weight is 398 g/mol. The van der Waals surface area contributed by atoms with Gasteiger partial charge in [-0.1, -0.05) is 103 Å². The van der Waals surface area contributed by atoms with E-state index in [0.717, 1.165) is 17.5 Å². The van der Waals surface area contributed by atoms with Gasteiger partial charge in [0.1, 0.15) is 5.82 Å². The molecule has 3 nitrogen and oxygen atoms in total. The molecule has 1 aromatic heterocycles. The maximum Gasteiger partial charge on any atom is 0.192 e. The molecule has 0 saturated heterocycles. The lowest BCUT2D eigenvalue weighted by atomic mass is 10.0. The Balaban J connectivity index is 1.52. The lowest BCUT2D eigenvalue weighted by molar-refractivity contribution is 0.667. The van der Waals surface area contributed by atoms with E-state index in [0.29, 0.717) is 5.92 Å². The number of benzene rings is 3. The van der Waals surface area contributed by atoms with Crippen molar-refractivity contribution in [3.8, 4) is 0 Å². The molecule has 0 atom stereocenters. The topological polar surface area (TPSA) is 30.7 Å². The Morgan fingerprint density at radius 1 is 0.759 bits per heavy atom. The second-order valence-corrected chi connectivity index (χ2v) is 8.58. The van der Waals surface area contributed by atoms with Crippen molar-refractivity contribution in [1.82, 2.24) is 14.8 Å². The minimum Gasteiger partial charge on any atom is -0.301 e. The molecule has 144 valence electrons. The Hall–Kier alpha value is -2.85. The van der Waals surface area contributed by atoms with Crippen molar-refractivity contribution >= 4 is 11.8 Å². The number of rotatable bonds is 7. The molecule has 5 rings (SSSR count). The van der Waals surface area contributed by atoms with E-state index < -0.39 is 0 Å². The molecule has 0 spiro atoms. The molecule has 0 N–H and O–H groups in total.